The van der Waals surface area contributed by atoms with Crippen molar-refractivity contribution in [2.24, 2.45) is 0 Å². The fraction of sp³-hybridized carbons (Fsp3) is 0.0769. The molecule has 0 aromatic heterocycles. The molecular formula is C13H11ClF2. The Kier molecular flexibility index (Phi) is 4.44. The standard InChI is InChI=1S/C13H10F2.ClH/c14-12-5-1-10(2-6-12)9-11-3-7-13(15)8-4-11;/h1-8H,9H2;1H. The van der Waals surface area contributed by atoms with E-state index in [4.69, 9.17) is 0 Å². The minimum atomic E-state index is -0.238. The van der Waals surface area contributed by atoms with Crippen LogP contribution in [-0.4, -0.2) is 0 Å². The Morgan fingerprint density at radius 1 is 0.625 bits per heavy atom. The zero-order valence-electron chi connectivity index (χ0n) is 8.49. The first-order valence-electron chi connectivity index (χ1n) is 4.73. The highest BCUT2D eigenvalue weighted by Gasteiger charge is 1.97. The molecule has 3 heteroatoms. The molecule has 0 unspecified atom stereocenters. The normalized spacial score (nSPS) is 9.62. The maximum absolute atomic E-state index is 12.6. The van der Waals surface area contributed by atoms with E-state index >= 15 is 0 Å². The van der Waals surface area contributed by atoms with Crippen molar-refractivity contribution < 1.29 is 8.78 Å². The Morgan fingerprint density at radius 2 is 0.938 bits per heavy atom. The maximum atomic E-state index is 12.6. The van der Waals surface area contributed by atoms with Crippen molar-refractivity contribution >= 4 is 12.4 Å². The van der Waals surface area contributed by atoms with E-state index in [1.54, 1.807) is 24.3 Å². The van der Waals surface area contributed by atoms with Crippen LogP contribution in [-0.2, 0) is 6.42 Å². The van der Waals surface area contributed by atoms with Crippen molar-refractivity contribution in [2.45, 2.75) is 6.42 Å². The quantitative estimate of drug-likeness (QED) is 0.745. The number of hydrogen-bond donors (Lipinski definition) is 0. The van der Waals surface area contributed by atoms with Crippen LogP contribution in [0.1, 0.15) is 11.1 Å². The smallest absolute Gasteiger partial charge is 0.123 e. The van der Waals surface area contributed by atoms with Crippen molar-refractivity contribution in [3.05, 3.63) is 71.3 Å². The summed E-state index contributed by atoms with van der Waals surface area (Å²) in [6.45, 7) is 0. The molecule has 0 aliphatic rings. The SMILES string of the molecule is Cl.Fc1ccc(Cc2ccc(F)cc2)cc1. The highest BCUT2D eigenvalue weighted by atomic mass is 35.5. The maximum Gasteiger partial charge on any atom is 0.123 e. The van der Waals surface area contributed by atoms with Gasteiger partial charge in [-0.1, -0.05) is 24.3 Å². The van der Waals surface area contributed by atoms with Crippen LogP contribution in [0.2, 0.25) is 0 Å². The second-order valence-corrected chi connectivity index (χ2v) is 3.43. The first-order valence-corrected chi connectivity index (χ1v) is 4.73. The minimum Gasteiger partial charge on any atom is -0.207 e. The van der Waals surface area contributed by atoms with Gasteiger partial charge in [0, 0.05) is 0 Å². The van der Waals surface area contributed by atoms with Gasteiger partial charge >= 0.3 is 0 Å². The lowest BCUT2D eigenvalue weighted by molar-refractivity contribution is 0.627. The number of benzene rings is 2. The number of rotatable bonds is 2. The number of halogens is 3. The van der Waals surface area contributed by atoms with Gasteiger partial charge in [-0.3, -0.25) is 0 Å². The molecule has 0 heterocycles. The first kappa shape index (κ1) is 12.7. The van der Waals surface area contributed by atoms with Crippen LogP contribution in [0.15, 0.2) is 48.5 Å². The van der Waals surface area contributed by atoms with Gasteiger partial charge in [0.1, 0.15) is 11.6 Å². The zero-order valence-corrected chi connectivity index (χ0v) is 9.31. The van der Waals surface area contributed by atoms with Gasteiger partial charge in [0.25, 0.3) is 0 Å². The fourth-order valence-electron chi connectivity index (χ4n) is 1.44. The molecule has 0 radical (unpaired) electrons. The lowest BCUT2D eigenvalue weighted by Gasteiger charge is -2.01. The Morgan fingerprint density at radius 3 is 1.25 bits per heavy atom. The Hall–Kier alpha value is -1.41. The molecule has 0 saturated carbocycles. The molecular weight excluding hydrogens is 230 g/mol. The third-order valence-electron chi connectivity index (χ3n) is 2.23. The molecule has 0 aliphatic carbocycles. The summed E-state index contributed by atoms with van der Waals surface area (Å²) in [5.41, 5.74) is 2.03. The summed E-state index contributed by atoms with van der Waals surface area (Å²) in [5.74, 6) is -0.476. The molecule has 2 aromatic carbocycles. The molecule has 0 amide bonds. The number of hydrogen-bond acceptors (Lipinski definition) is 0. The molecule has 0 spiro atoms. The van der Waals surface area contributed by atoms with Crippen LogP contribution >= 0.6 is 12.4 Å². The summed E-state index contributed by atoms with van der Waals surface area (Å²) in [6.07, 6.45) is 0.695. The molecule has 0 saturated heterocycles. The molecule has 2 aromatic rings. The van der Waals surface area contributed by atoms with Crippen LogP contribution in [0, 0.1) is 11.6 Å². The Bertz CT molecular complexity index is 391. The molecule has 0 bridgehead atoms. The summed E-state index contributed by atoms with van der Waals surface area (Å²) >= 11 is 0. The van der Waals surface area contributed by atoms with Crippen LogP contribution in [0.3, 0.4) is 0 Å². The van der Waals surface area contributed by atoms with Crippen LogP contribution in [0.5, 0.6) is 0 Å². The van der Waals surface area contributed by atoms with E-state index < -0.39 is 0 Å². The van der Waals surface area contributed by atoms with Crippen molar-refractivity contribution in [2.75, 3.05) is 0 Å². The van der Waals surface area contributed by atoms with E-state index in [2.05, 4.69) is 0 Å². The van der Waals surface area contributed by atoms with Gasteiger partial charge in [-0.25, -0.2) is 8.78 Å². The molecule has 0 nitrogen and oxygen atoms in total. The van der Waals surface area contributed by atoms with E-state index in [0.717, 1.165) is 11.1 Å². The van der Waals surface area contributed by atoms with Crippen molar-refractivity contribution in [1.29, 1.82) is 0 Å². The van der Waals surface area contributed by atoms with Gasteiger partial charge in [-0.2, -0.15) is 0 Å². The van der Waals surface area contributed by atoms with E-state index in [-0.39, 0.29) is 24.0 Å². The summed E-state index contributed by atoms with van der Waals surface area (Å²) in [4.78, 5) is 0. The van der Waals surface area contributed by atoms with E-state index in [1.165, 1.54) is 24.3 Å². The van der Waals surface area contributed by atoms with Crippen LogP contribution in [0.4, 0.5) is 8.78 Å². The first-order chi connectivity index (χ1) is 7.24. The van der Waals surface area contributed by atoms with Gasteiger partial charge < -0.3 is 0 Å². The summed E-state index contributed by atoms with van der Waals surface area (Å²) in [6, 6.07) is 12.7. The minimum absolute atomic E-state index is 0. The second-order valence-electron chi connectivity index (χ2n) is 3.43. The third kappa shape index (κ3) is 3.31. The molecule has 0 fully saturated rings. The predicted octanol–water partition coefficient (Wildman–Crippen LogP) is 3.98. The summed E-state index contributed by atoms with van der Waals surface area (Å²) in [7, 11) is 0. The lowest BCUT2D eigenvalue weighted by Crippen LogP contribution is -1.88. The predicted molar refractivity (Wildman–Crippen MR) is 62.9 cm³/mol. The molecule has 0 N–H and O–H groups in total. The highest BCUT2D eigenvalue weighted by Crippen LogP contribution is 2.10. The Balaban J connectivity index is 0.00000128. The van der Waals surface area contributed by atoms with Gasteiger partial charge in [-0.15, -0.1) is 12.4 Å². The summed E-state index contributed by atoms with van der Waals surface area (Å²) < 4.78 is 25.3. The molecule has 0 atom stereocenters. The molecule has 2 rings (SSSR count). The fourth-order valence-corrected chi connectivity index (χ4v) is 1.44. The van der Waals surface area contributed by atoms with Gasteiger partial charge in [0.05, 0.1) is 0 Å². The van der Waals surface area contributed by atoms with Crippen molar-refractivity contribution in [1.82, 2.24) is 0 Å². The monoisotopic (exact) mass is 240 g/mol. The zero-order chi connectivity index (χ0) is 10.7. The van der Waals surface area contributed by atoms with Crippen LogP contribution < -0.4 is 0 Å². The third-order valence-corrected chi connectivity index (χ3v) is 2.23. The Labute approximate surface area is 99.3 Å². The van der Waals surface area contributed by atoms with Gasteiger partial charge in [-0.05, 0) is 41.8 Å². The van der Waals surface area contributed by atoms with Gasteiger partial charge in [0.2, 0.25) is 0 Å². The lowest BCUT2D eigenvalue weighted by atomic mass is 10.1. The van der Waals surface area contributed by atoms with E-state index in [0.29, 0.717) is 6.42 Å². The van der Waals surface area contributed by atoms with Crippen molar-refractivity contribution in [3.8, 4) is 0 Å². The highest BCUT2D eigenvalue weighted by molar-refractivity contribution is 5.85. The van der Waals surface area contributed by atoms with Gasteiger partial charge in [0.15, 0.2) is 0 Å². The van der Waals surface area contributed by atoms with E-state index in [9.17, 15) is 8.78 Å². The average Bonchev–Trinajstić information content (AvgIpc) is 2.25. The molecule has 84 valence electrons. The molecule has 0 aliphatic heterocycles. The van der Waals surface area contributed by atoms with Crippen LogP contribution in [0.25, 0.3) is 0 Å². The second kappa shape index (κ2) is 5.61. The van der Waals surface area contributed by atoms with Crippen molar-refractivity contribution in [3.63, 3.8) is 0 Å². The summed E-state index contributed by atoms with van der Waals surface area (Å²) in [5, 5.41) is 0. The van der Waals surface area contributed by atoms with E-state index in [1.807, 2.05) is 0 Å². The topological polar surface area (TPSA) is 0 Å². The average molecular weight is 241 g/mol. The molecule has 16 heavy (non-hydrogen) atoms. The largest absolute Gasteiger partial charge is 0.207 e.